The molecule has 0 amide bonds. The molecular weight excluding hydrogens is 300 g/mol. The number of hydrogen-bond acceptors (Lipinski definition) is 3. The molecule has 0 saturated carbocycles. The molecule has 0 aliphatic carbocycles. The second-order valence-electron chi connectivity index (χ2n) is 4.92. The van der Waals surface area contributed by atoms with Gasteiger partial charge in [-0.2, -0.15) is 0 Å². The lowest BCUT2D eigenvalue weighted by atomic mass is 10.1. The second-order valence-corrected chi connectivity index (χ2v) is 8.37. The predicted octanol–water partition coefficient (Wildman–Crippen LogP) is 6.42. The maximum atomic E-state index is 2.40. The van der Waals surface area contributed by atoms with E-state index in [4.69, 9.17) is 0 Å². The molecule has 1 aliphatic heterocycles. The fourth-order valence-electron chi connectivity index (χ4n) is 2.59. The lowest BCUT2D eigenvalue weighted by molar-refractivity contribution is 1.28. The van der Waals surface area contributed by atoms with Gasteiger partial charge in [-0.05, 0) is 25.5 Å². The molecule has 1 aliphatic rings. The van der Waals surface area contributed by atoms with Gasteiger partial charge in [-0.25, -0.2) is 0 Å². The lowest BCUT2D eigenvalue weighted by Gasteiger charge is -1.97. The molecule has 0 fully saturated rings. The Bertz CT molecular complexity index is 805. The largest absolute Gasteiger partial charge is 0.140 e. The summed E-state index contributed by atoms with van der Waals surface area (Å²) in [5.41, 5.74) is 0. The average Bonchev–Trinajstić information content (AvgIpc) is 3.16. The van der Waals surface area contributed by atoms with Gasteiger partial charge in [0.15, 0.2) is 0 Å². The highest BCUT2D eigenvalue weighted by molar-refractivity contribution is 8.08. The van der Waals surface area contributed by atoms with Crippen LogP contribution in [0, 0.1) is 6.92 Å². The Morgan fingerprint density at radius 2 is 1.70 bits per heavy atom. The Morgan fingerprint density at radius 3 is 2.35 bits per heavy atom. The van der Waals surface area contributed by atoms with Crippen LogP contribution in [0.5, 0.6) is 0 Å². The van der Waals surface area contributed by atoms with Crippen LogP contribution in [0.4, 0.5) is 0 Å². The van der Waals surface area contributed by atoms with Crippen LogP contribution in [-0.2, 0) is 0 Å². The highest BCUT2D eigenvalue weighted by atomic mass is 32.2. The topological polar surface area (TPSA) is 0 Å². The number of thioether (sulfide) groups is 1. The Morgan fingerprint density at radius 1 is 0.900 bits per heavy atom. The summed E-state index contributed by atoms with van der Waals surface area (Å²) in [5, 5.41) is 2.82. The van der Waals surface area contributed by atoms with Crippen molar-refractivity contribution in [2.24, 2.45) is 0 Å². The van der Waals surface area contributed by atoms with E-state index in [0.29, 0.717) is 0 Å². The summed E-state index contributed by atoms with van der Waals surface area (Å²) < 4.78 is 0. The third-order valence-electron chi connectivity index (χ3n) is 3.51. The summed E-state index contributed by atoms with van der Waals surface area (Å²) >= 11 is 5.85. The van der Waals surface area contributed by atoms with Gasteiger partial charge >= 0.3 is 0 Å². The van der Waals surface area contributed by atoms with Crippen LogP contribution in [-0.4, -0.2) is 5.75 Å². The minimum absolute atomic E-state index is 1.21. The molecule has 20 heavy (non-hydrogen) atoms. The lowest BCUT2D eigenvalue weighted by Crippen LogP contribution is -1.71. The van der Waals surface area contributed by atoms with Crippen LogP contribution in [0.3, 0.4) is 0 Å². The molecule has 0 spiro atoms. The van der Waals surface area contributed by atoms with Gasteiger partial charge in [0, 0.05) is 36.1 Å². The maximum Gasteiger partial charge on any atom is 0.0528 e. The minimum atomic E-state index is 1.21. The van der Waals surface area contributed by atoms with Gasteiger partial charge < -0.3 is 0 Å². The van der Waals surface area contributed by atoms with Crippen LogP contribution in [0.1, 0.15) is 16.2 Å². The number of rotatable bonds is 2. The quantitative estimate of drug-likeness (QED) is 0.526. The summed E-state index contributed by atoms with van der Waals surface area (Å²) in [6, 6.07) is 13.3. The first-order chi connectivity index (χ1) is 9.83. The van der Waals surface area contributed by atoms with E-state index in [1.165, 1.54) is 47.4 Å². The zero-order valence-corrected chi connectivity index (χ0v) is 13.6. The third-order valence-corrected chi connectivity index (χ3v) is 7.20. The SMILES string of the molecule is Cc1ccc(-c2sc(C3=CCCS3)c3ccccc23)s1. The van der Waals surface area contributed by atoms with Crippen molar-refractivity contribution in [3.63, 3.8) is 0 Å². The Kier molecular flexibility index (Phi) is 3.21. The molecule has 0 bridgehead atoms. The molecule has 4 rings (SSSR count). The van der Waals surface area contributed by atoms with Crippen molar-refractivity contribution in [3.8, 4) is 9.75 Å². The van der Waals surface area contributed by atoms with E-state index in [2.05, 4.69) is 49.4 Å². The van der Waals surface area contributed by atoms with E-state index in [0.717, 1.165) is 0 Å². The molecule has 0 N–H and O–H groups in total. The third kappa shape index (κ3) is 2.05. The molecule has 0 nitrogen and oxygen atoms in total. The van der Waals surface area contributed by atoms with E-state index in [1.54, 1.807) is 0 Å². The summed E-state index contributed by atoms with van der Waals surface area (Å²) in [4.78, 5) is 7.16. The predicted molar refractivity (Wildman–Crippen MR) is 94.9 cm³/mol. The second kappa shape index (κ2) is 5.06. The first kappa shape index (κ1) is 12.7. The molecule has 0 unspecified atom stereocenters. The van der Waals surface area contributed by atoms with Gasteiger partial charge in [-0.15, -0.1) is 34.4 Å². The normalized spacial score (nSPS) is 14.9. The maximum absolute atomic E-state index is 2.40. The van der Waals surface area contributed by atoms with E-state index >= 15 is 0 Å². The fraction of sp³-hybridized carbons (Fsp3) is 0.176. The van der Waals surface area contributed by atoms with Crippen LogP contribution in [0.15, 0.2) is 42.5 Å². The van der Waals surface area contributed by atoms with E-state index < -0.39 is 0 Å². The molecular formula is C17H14S3. The van der Waals surface area contributed by atoms with Crippen molar-refractivity contribution in [2.75, 3.05) is 5.75 Å². The number of benzene rings is 1. The monoisotopic (exact) mass is 314 g/mol. The van der Waals surface area contributed by atoms with Crippen LogP contribution < -0.4 is 0 Å². The highest BCUT2D eigenvalue weighted by Crippen LogP contribution is 2.47. The van der Waals surface area contributed by atoms with E-state index in [-0.39, 0.29) is 0 Å². The Hall–Kier alpha value is -1.03. The molecule has 3 heterocycles. The standard InChI is InChI=1S/C17H14S3/c1-11-8-9-15(19-11)17-13-6-3-2-5-12(13)16(20-17)14-7-4-10-18-14/h2-3,5-9H,4,10H2,1H3. The van der Waals surface area contributed by atoms with Crippen molar-refractivity contribution in [1.29, 1.82) is 0 Å². The van der Waals surface area contributed by atoms with Gasteiger partial charge in [-0.3, -0.25) is 0 Å². The molecule has 0 atom stereocenters. The summed E-state index contributed by atoms with van der Waals surface area (Å²) in [5.74, 6) is 1.23. The number of aryl methyl sites for hydroxylation is 1. The van der Waals surface area contributed by atoms with Crippen molar-refractivity contribution >= 4 is 50.1 Å². The smallest absolute Gasteiger partial charge is 0.0528 e. The summed E-state index contributed by atoms with van der Waals surface area (Å²) in [6.45, 7) is 2.18. The van der Waals surface area contributed by atoms with Gasteiger partial charge in [0.1, 0.15) is 0 Å². The fourth-order valence-corrected chi connectivity index (χ4v) is 6.03. The number of hydrogen-bond donors (Lipinski definition) is 0. The van der Waals surface area contributed by atoms with E-state index in [1.807, 2.05) is 34.4 Å². The van der Waals surface area contributed by atoms with Crippen molar-refractivity contribution in [3.05, 3.63) is 52.2 Å². The molecule has 3 heteroatoms. The highest BCUT2D eigenvalue weighted by Gasteiger charge is 2.18. The van der Waals surface area contributed by atoms with E-state index in [9.17, 15) is 0 Å². The molecule has 1 aromatic carbocycles. The first-order valence-electron chi connectivity index (χ1n) is 6.74. The van der Waals surface area contributed by atoms with Crippen molar-refractivity contribution in [2.45, 2.75) is 13.3 Å². The van der Waals surface area contributed by atoms with Gasteiger partial charge in [0.05, 0.1) is 4.88 Å². The van der Waals surface area contributed by atoms with Crippen molar-refractivity contribution < 1.29 is 0 Å². The first-order valence-corrected chi connectivity index (χ1v) is 9.36. The summed E-state index contributed by atoms with van der Waals surface area (Å²) in [7, 11) is 0. The molecule has 0 radical (unpaired) electrons. The molecule has 3 aromatic rings. The molecule has 0 saturated heterocycles. The van der Waals surface area contributed by atoms with Crippen LogP contribution in [0.2, 0.25) is 0 Å². The van der Waals surface area contributed by atoms with Gasteiger partial charge in [0.2, 0.25) is 0 Å². The Labute approximate surface area is 131 Å². The van der Waals surface area contributed by atoms with Gasteiger partial charge in [-0.1, -0.05) is 30.3 Å². The van der Waals surface area contributed by atoms with Crippen molar-refractivity contribution in [1.82, 2.24) is 0 Å². The average molecular weight is 314 g/mol. The molecule has 100 valence electrons. The number of allylic oxidation sites excluding steroid dienone is 1. The zero-order valence-electron chi connectivity index (χ0n) is 11.2. The van der Waals surface area contributed by atoms with Gasteiger partial charge in [0.25, 0.3) is 0 Å². The molecule has 2 aromatic heterocycles. The number of fused-ring (bicyclic) bond motifs is 1. The Balaban J connectivity index is 1.98. The van der Waals surface area contributed by atoms with Crippen LogP contribution >= 0.6 is 34.4 Å². The zero-order chi connectivity index (χ0) is 13.5. The summed E-state index contributed by atoms with van der Waals surface area (Å²) in [6.07, 6.45) is 3.60. The number of thiophene rings is 2. The van der Waals surface area contributed by atoms with Crippen LogP contribution in [0.25, 0.3) is 25.4 Å². The minimum Gasteiger partial charge on any atom is -0.140 e.